The monoisotopic (exact) mass is 217 g/mol. The predicted molar refractivity (Wildman–Crippen MR) is 60.9 cm³/mol. The van der Waals surface area contributed by atoms with E-state index in [1.807, 2.05) is 6.07 Å². The maximum Gasteiger partial charge on any atom is 0.341 e. The van der Waals surface area contributed by atoms with Gasteiger partial charge in [-0.3, -0.25) is 4.79 Å². The molecule has 1 heterocycles. The van der Waals surface area contributed by atoms with Crippen LogP contribution in [0.15, 0.2) is 29.1 Å². The van der Waals surface area contributed by atoms with Gasteiger partial charge in [-0.2, -0.15) is 0 Å². The van der Waals surface area contributed by atoms with E-state index in [1.165, 1.54) is 0 Å². The Hall–Kier alpha value is -2.10. The Bertz CT molecular complexity index is 640. The molecular formula is C12H11NO3. The number of aromatic nitrogens is 1. The molecule has 0 fully saturated rings. The number of hydrogen-bond acceptors (Lipinski definition) is 2. The highest BCUT2D eigenvalue weighted by Crippen LogP contribution is 2.14. The number of carboxylic acids is 1. The largest absolute Gasteiger partial charge is 0.477 e. The molecule has 4 heteroatoms. The fourth-order valence-corrected chi connectivity index (χ4v) is 1.86. The number of rotatable bonds is 1. The SMILES string of the molecule is Cc1c(C(=O)O)c(=O)c2ccccc2n1C. The molecule has 0 bridgehead atoms. The lowest BCUT2D eigenvalue weighted by Crippen LogP contribution is -2.21. The first-order valence-electron chi connectivity index (χ1n) is 4.85. The second-order valence-corrected chi connectivity index (χ2v) is 3.67. The fourth-order valence-electron chi connectivity index (χ4n) is 1.86. The molecule has 0 saturated carbocycles. The number of carboxylic acid groups (broad SMARTS) is 1. The average molecular weight is 217 g/mol. The molecule has 0 radical (unpaired) electrons. The Labute approximate surface area is 91.8 Å². The second kappa shape index (κ2) is 3.48. The van der Waals surface area contributed by atoms with Crippen LogP contribution in [-0.2, 0) is 7.05 Å². The van der Waals surface area contributed by atoms with E-state index in [1.54, 1.807) is 36.7 Å². The number of carbonyl (C=O) groups is 1. The zero-order valence-electron chi connectivity index (χ0n) is 9.02. The van der Waals surface area contributed by atoms with E-state index in [9.17, 15) is 9.59 Å². The molecule has 0 aliphatic rings. The number of fused-ring (bicyclic) bond motifs is 1. The van der Waals surface area contributed by atoms with Crippen molar-refractivity contribution in [1.29, 1.82) is 0 Å². The van der Waals surface area contributed by atoms with Gasteiger partial charge in [-0.25, -0.2) is 4.79 Å². The highest BCUT2D eigenvalue weighted by Gasteiger charge is 2.17. The number of hydrogen-bond donors (Lipinski definition) is 1. The van der Waals surface area contributed by atoms with Crippen molar-refractivity contribution in [3.05, 3.63) is 45.7 Å². The van der Waals surface area contributed by atoms with Crippen LogP contribution in [0, 0.1) is 6.92 Å². The summed E-state index contributed by atoms with van der Waals surface area (Å²) >= 11 is 0. The number of benzene rings is 1. The third-order valence-corrected chi connectivity index (χ3v) is 2.82. The summed E-state index contributed by atoms with van der Waals surface area (Å²) in [5, 5.41) is 9.46. The quantitative estimate of drug-likeness (QED) is 0.788. The maximum atomic E-state index is 11.9. The van der Waals surface area contributed by atoms with E-state index in [4.69, 9.17) is 5.11 Å². The summed E-state index contributed by atoms with van der Waals surface area (Å²) in [5.74, 6) is -1.18. The molecule has 0 amide bonds. The van der Waals surface area contributed by atoms with E-state index in [0.717, 1.165) is 5.52 Å². The summed E-state index contributed by atoms with van der Waals surface area (Å²) < 4.78 is 1.72. The number of aromatic carboxylic acids is 1. The Morgan fingerprint density at radius 3 is 2.56 bits per heavy atom. The number of pyridine rings is 1. The van der Waals surface area contributed by atoms with Gasteiger partial charge in [0, 0.05) is 18.1 Å². The molecule has 2 rings (SSSR count). The number of para-hydroxylation sites is 1. The Balaban J connectivity index is 3.07. The summed E-state index contributed by atoms with van der Waals surface area (Å²) in [5.41, 5.74) is 0.645. The zero-order valence-corrected chi connectivity index (χ0v) is 9.02. The first-order valence-corrected chi connectivity index (χ1v) is 4.85. The molecule has 0 atom stereocenters. The molecule has 0 aliphatic carbocycles. The van der Waals surface area contributed by atoms with Crippen molar-refractivity contribution in [2.75, 3.05) is 0 Å². The van der Waals surface area contributed by atoms with Crippen LogP contribution in [0.1, 0.15) is 16.1 Å². The standard InChI is InChI=1S/C12H11NO3/c1-7-10(12(15)16)11(14)8-5-3-4-6-9(8)13(7)2/h3-6H,1-2H3,(H,15,16). The molecule has 0 aliphatic heterocycles. The van der Waals surface area contributed by atoms with Crippen LogP contribution in [0.3, 0.4) is 0 Å². The van der Waals surface area contributed by atoms with Gasteiger partial charge >= 0.3 is 5.97 Å². The third kappa shape index (κ3) is 1.31. The first kappa shape index (κ1) is 10.4. The molecular weight excluding hydrogens is 206 g/mol. The molecule has 0 unspecified atom stereocenters. The minimum atomic E-state index is -1.18. The molecule has 0 saturated heterocycles. The van der Waals surface area contributed by atoms with Crippen molar-refractivity contribution in [1.82, 2.24) is 4.57 Å². The van der Waals surface area contributed by atoms with Gasteiger partial charge in [-0.15, -0.1) is 0 Å². The van der Waals surface area contributed by atoms with Gasteiger partial charge in [0.25, 0.3) is 0 Å². The van der Waals surface area contributed by atoms with Gasteiger partial charge in [-0.1, -0.05) is 12.1 Å². The normalized spacial score (nSPS) is 10.6. The van der Waals surface area contributed by atoms with E-state index in [2.05, 4.69) is 0 Å². The van der Waals surface area contributed by atoms with Crippen LogP contribution in [-0.4, -0.2) is 15.6 Å². The summed E-state index contributed by atoms with van der Waals surface area (Å²) in [6, 6.07) is 6.99. The van der Waals surface area contributed by atoms with E-state index >= 15 is 0 Å². The van der Waals surface area contributed by atoms with Gasteiger partial charge in [0.15, 0.2) is 0 Å². The average Bonchev–Trinajstić information content (AvgIpc) is 2.26. The Morgan fingerprint density at radius 1 is 1.31 bits per heavy atom. The molecule has 1 N–H and O–H groups in total. The highest BCUT2D eigenvalue weighted by molar-refractivity contribution is 5.94. The van der Waals surface area contributed by atoms with E-state index in [-0.39, 0.29) is 5.56 Å². The first-order chi connectivity index (χ1) is 7.54. The van der Waals surface area contributed by atoms with Gasteiger partial charge in [0.2, 0.25) is 5.43 Å². The second-order valence-electron chi connectivity index (χ2n) is 3.67. The molecule has 0 spiro atoms. The van der Waals surface area contributed by atoms with Crippen molar-refractivity contribution in [3.8, 4) is 0 Å². The molecule has 82 valence electrons. The lowest BCUT2D eigenvalue weighted by atomic mass is 10.1. The van der Waals surface area contributed by atoms with Crippen molar-refractivity contribution < 1.29 is 9.90 Å². The molecule has 4 nitrogen and oxygen atoms in total. The van der Waals surface area contributed by atoms with E-state index < -0.39 is 11.4 Å². The van der Waals surface area contributed by atoms with Gasteiger partial charge in [-0.05, 0) is 19.1 Å². The van der Waals surface area contributed by atoms with Crippen LogP contribution in [0.25, 0.3) is 10.9 Å². The van der Waals surface area contributed by atoms with Gasteiger partial charge in [0.05, 0.1) is 5.52 Å². The van der Waals surface area contributed by atoms with E-state index in [0.29, 0.717) is 11.1 Å². The van der Waals surface area contributed by atoms with Crippen molar-refractivity contribution in [2.24, 2.45) is 7.05 Å². The number of nitrogens with zero attached hydrogens (tertiary/aromatic N) is 1. The predicted octanol–water partition coefficient (Wildman–Crippen LogP) is 1.55. The summed E-state index contributed by atoms with van der Waals surface area (Å²) in [6.45, 7) is 1.64. The zero-order chi connectivity index (χ0) is 11.9. The molecule has 16 heavy (non-hydrogen) atoms. The molecule has 1 aromatic carbocycles. The van der Waals surface area contributed by atoms with Crippen molar-refractivity contribution in [2.45, 2.75) is 6.92 Å². The highest BCUT2D eigenvalue weighted by atomic mass is 16.4. The number of aryl methyl sites for hydroxylation is 1. The minimum absolute atomic E-state index is 0.152. The lowest BCUT2D eigenvalue weighted by Gasteiger charge is -2.11. The van der Waals surface area contributed by atoms with Crippen LogP contribution in [0.2, 0.25) is 0 Å². The summed E-state index contributed by atoms with van der Waals surface area (Å²) in [6.07, 6.45) is 0. The summed E-state index contributed by atoms with van der Waals surface area (Å²) in [7, 11) is 1.75. The van der Waals surface area contributed by atoms with Crippen LogP contribution >= 0.6 is 0 Å². The topological polar surface area (TPSA) is 59.3 Å². The van der Waals surface area contributed by atoms with Gasteiger partial charge in [0.1, 0.15) is 5.56 Å². The van der Waals surface area contributed by atoms with Crippen molar-refractivity contribution >= 4 is 16.9 Å². The Morgan fingerprint density at radius 2 is 1.94 bits per heavy atom. The van der Waals surface area contributed by atoms with Crippen LogP contribution in [0.4, 0.5) is 0 Å². The molecule has 1 aromatic heterocycles. The van der Waals surface area contributed by atoms with Gasteiger partial charge < -0.3 is 9.67 Å². The van der Waals surface area contributed by atoms with Crippen LogP contribution < -0.4 is 5.43 Å². The smallest absolute Gasteiger partial charge is 0.341 e. The lowest BCUT2D eigenvalue weighted by molar-refractivity contribution is 0.0694. The fraction of sp³-hybridized carbons (Fsp3) is 0.167. The van der Waals surface area contributed by atoms with Crippen molar-refractivity contribution in [3.63, 3.8) is 0 Å². The summed E-state index contributed by atoms with van der Waals surface area (Å²) in [4.78, 5) is 23.0. The minimum Gasteiger partial charge on any atom is -0.477 e. The Kier molecular flexibility index (Phi) is 2.27. The maximum absolute atomic E-state index is 11.9. The van der Waals surface area contributed by atoms with Crippen LogP contribution in [0.5, 0.6) is 0 Å². The molecule has 2 aromatic rings. The third-order valence-electron chi connectivity index (χ3n) is 2.82.